The lowest BCUT2D eigenvalue weighted by atomic mass is 9.88. The number of nitrogens with zero attached hydrogens (tertiary/aromatic N) is 5. The molecule has 0 saturated heterocycles. The van der Waals surface area contributed by atoms with E-state index in [0.717, 1.165) is 66.7 Å². The van der Waals surface area contributed by atoms with Crippen LogP contribution in [-0.4, -0.2) is 57.0 Å². The third kappa shape index (κ3) is 6.89. The van der Waals surface area contributed by atoms with Crippen molar-refractivity contribution in [1.82, 2.24) is 24.1 Å². The Bertz CT molecular complexity index is 2380. The Morgan fingerprint density at radius 1 is 1.04 bits per heavy atom. The molecule has 0 amide bonds. The third-order valence-electron chi connectivity index (χ3n) is 10.8. The van der Waals surface area contributed by atoms with Gasteiger partial charge < -0.3 is 23.5 Å². The lowest BCUT2D eigenvalue weighted by Crippen LogP contribution is -2.29. The summed E-state index contributed by atoms with van der Waals surface area (Å²) in [6, 6.07) is 14.7. The Hall–Kier alpha value is -4.71. The summed E-state index contributed by atoms with van der Waals surface area (Å²) in [7, 11) is 5.25. The average molecular weight is 756 g/mol. The number of hydrogen-bond acceptors (Lipinski definition) is 7. The van der Waals surface area contributed by atoms with Crippen molar-refractivity contribution >= 4 is 39.2 Å². The molecule has 1 aliphatic rings. The number of aryl methyl sites for hydroxylation is 6. The van der Waals surface area contributed by atoms with Crippen molar-refractivity contribution < 1.29 is 28.1 Å². The van der Waals surface area contributed by atoms with Crippen LogP contribution in [0.15, 0.2) is 48.5 Å². The van der Waals surface area contributed by atoms with Gasteiger partial charge >= 0.3 is 5.97 Å². The normalized spacial score (nSPS) is 16.7. The third-order valence-corrected chi connectivity index (χ3v) is 11.1. The highest BCUT2D eigenvalue weighted by Crippen LogP contribution is 2.46. The summed E-state index contributed by atoms with van der Waals surface area (Å²) in [5.41, 5.74) is 7.25. The predicted molar refractivity (Wildman–Crippen MR) is 208 cm³/mol. The lowest BCUT2D eigenvalue weighted by Gasteiger charge is -2.29. The van der Waals surface area contributed by atoms with Gasteiger partial charge in [-0.2, -0.15) is 10.2 Å². The maximum atomic E-state index is 14.4. The van der Waals surface area contributed by atoms with Crippen LogP contribution < -0.4 is 4.74 Å². The molecule has 0 saturated carbocycles. The van der Waals surface area contributed by atoms with Crippen LogP contribution in [-0.2, 0) is 59.9 Å². The van der Waals surface area contributed by atoms with Crippen LogP contribution in [0.3, 0.4) is 0 Å². The second-order valence-electron chi connectivity index (χ2n) is 14.2. The van der Waals surface area contributed by atoms with Crippen LogP contribution in [0, 0.1) is 19.7 Å². The molecule has 8 bridgehead atoms. The Balaban J connectivity index is 1.42. The van der Waals surface area contributed by atoms with Crippen LogP contribution in [0.2, 0.25) is 5.02 Å². The van der Waals surface area contributed by atoms with Crippen LogP contribution in [0.5, 0.6) is 5.75 Å². The zero-order chi connectivity index (χ0) is 38.3. The number of ether oxygens (including phenoxy) is 4. The van der Waals surface area contributed by atoms with E-state index in [1.54, 1.807) is 12.1 Å². The van der Waals surface area contributed by atoms with Crippen LogP contribution in [0.1, 0.15) is 71.1 Å². The summed E-state index contributed by atoms with van der Waals surface area (Å²) in [4.78, 5) is 13.5. The fourth-order valence-corrected chi connectivity index (χ4v) is 8.06. The van der Waals surface area contributed by atoms with E-state index < -0.39 is 11.6 Å². The highest BCUT2D eigenvalue weighted by atomic mass is 35.5. The van der Waals surface area contributed by atoms with Gasteiger partial charge in [-0.15, -0.1) is 0 Å². The fourth-order valence-electron chi connectivity index (χ4n) is 7.81. The molecule has 12 heteroatoms. The van der Waals surface area contributed by atoms with Gasteiger partial charge in [0.25, 0.3) is 0 Å². The molecule has 1 atom stereocenters. The van der Waals surface area contributed by atoms with Gasteiger partial charge in [-0.05, 0) is 106 Å². The van der Waals surface area contributed by atoms with Gasteiger partial charge in [0.15, 0.2) is 0 Å². The van der Waals surface area contributed by atoms with E-state index in [4.69, 9.17) is 40.7 Å². The molecule has 6 aromatic rings. The van der Waals surface area contributed by atoms with E-state index in [1.807, 2.05) is 80.0 Å². The monoisotopic (exact) mass is 755 g/mol. The first-order valence-electron chi connectivity index (χ1n) is 18.5. The van der Waals surface area contributed by atoms with Crippen LogP contribution >= 0.6 is 11.6 Å². The number of methoxy groups -OCH3 is 1. The van der Waals surface area contributed by atoms with Crippen molar-refractivity contribution in [3.05, 3.63) is 99.0 Å². The molecule has 7 rings (SSSR count). The van der Waals surface area contributed by atoms with E-state index in [2.05, 4.69) is 6.07 Å². The minimum atomic E-state index is -0.909. The Labute approximate surface area is 319 Å². The minimum absolute atomic E-state index is 0.235. The van der Waals surface area contributed by atoms with Crippen LogP contribution in [0.4, 0.5) is 4.39 Å². The summed E-state index contributed by atoms with van der Waals surface area (Å²) >= 11 is 7.20. The first-order valence-corrected chi connectivity index (χ1v) is 18.8. The topological polar surface area (TPSA) is 94.6 Å². The number of halogens is 2. The Kier molecular flexibility index (Phi) is 10.6. The van der Waals surface area contributed by atoms with E-state index in [9.17, 15) is 9.18 Å². The number of esters is 1. The minimum Gasteiger partial charge on any atom is -0.493 e. The smallest absolute Gasteiger partial charge is 0.354 e. The summed E-state index contributed by atoms with van der Waals surface area (Å²) in [5.74, 6) is -0.0521. The summed E-state index contributed by atoms with van der Waals surface area (Å²) in [6.07, 6.45) is 2.51. The number of carbonyl (C=O) groups is 1. The largest absolute Gasteiger partial charge is 0.493 e. The van der Waals surface area contributed by atoms with E-state index in [-0.39, 0.29) is 12.4 Å². The molecule has 3 aromatic heterocycles. The number of carbonyl (C=O) groups excluding carboxylic acids is 1. The first kappa shape index (κ1) is 37.6. The molecular weight excluding hydrogens is 709 g/mol. The number of aromatic nitrogens is 5. The van der Waals surface area contributed by atoms with Crippen molar-refractivity contribution in [3.8, 4) is 16.9 Å². The first-order chi connectivity index (χ1) is 25.9. The standard InChI is InChI=1S/C42H47ClFN5O5/c1-8-52-19-16-42(4)40-37(26(3)47(5)46-40)38-33(43)14-15-34-36(38)25(2)39(41(50)51-7)49(34)17-9-18-53-35-21-27(20-28-22-29(44)11-13-32(28)35)10-12-31-23-30(24-54-42)45-48(31)6/h11,13-15,20-23H,8-10,12,16-19,24H2,1-7H3. The molecule has 10 nitrogen and oxygen atoms in total. The van der Waals surface area contributed by atoms with Gasteiger partial charge in [-0.1, -0.05) is 17.7 Å². The quantitative estimate of drug-likeness (QED) is 0.129. The molecule has 0 N–H and O–H groups in total. The van der Waals surface area contributed by atoms with Gasteiger partial charge in [0.2, 0.25) is 0 Å². The molecule has 0 fully saturated rings. The highest BCUT2D eigenvalue weighted by molar-refractivity contribution is 6.35. The van der Waals surface area contributed by atoms with Gasteiger partial charge in [-0.25, -0.2) is 9.18 Å². The van der Waals surface area contributed by atoms with Crippen LogP contribution in [0.25, 0.3) is 32.8 Å². The average Bonchev–Trinajstić information content (AvgIpc) is 3.76. The van der Waals surface area contributed by atoms with Gasteiger partial charge in [0.1, 0.15) is 28.6 Å². The molecule has 284 valence electrons. The SMILES string of the molecule is CCOCCC1(C)OCc2cc(n(C)n2)CCc2cc(c3ccc(F)cc3c2)OCCCn2c(C(=O)OC)c(C)c3c(c(Cl)ccc32)-c2c1nn(C)c2C. The zero-order valence-electron chi connectivity index (χ0n) is 32.0. The van der Waals surface area contributed by atoms with Crippen molar-refractivity contribution in [2.24, 2.45) is 14.1 Å². The van der Waals surface area contributed by atoms with E-state index in [0.29, 0.717) is 68.5 Å². The molecular formula is C42H47ClFN5O5. The molecule has 54 heavy (non-hydrogen) atoms. The summed E-state index contributed by atoms with van der Waals surface area (Å²) in [5, 5.41) is 12.9. The summed E-state index contributed by atoms with van der Waals surface area (Å²) in [6.45, 7) is 10.1. The lowest BCUT2D eigenvalue weighted by molar-refractivity contribution is -0.0719. The molecule has 0 radical (unpaired) electrons. The van der Waals surface area contributed by atoms with Crippen molar-refractivity contribution in [2.75, 3.05) is 26.9 Å². The van der Waals surface area contributed by atoms with E-state index >= 15 is 0 Å². The van der Waals surface area contributed by atoms with Gasteiger partial charge in [0, 0.05) is 84.1 Å². The molecule has 0 spiro atoms. The van der Waals surface area contributed by atoms with E-state index in [1.165, 1.54) is 13.2 Å². The Morgan fingerprint density at radius 3 is 2.63 bits per heavy atom. The maximum Gasteiger partial charge on any atom is 0.354 e. The molecule has 1 unspecified atom stereocenters. The molecule has 3 aromatic carbocycles. The molecule has 4 heterocycles. The number of rotatable bonds is 5. The molecule has 0 aliphatic carbocycles. The Morgan fingerprint density at radius 2 is 1.85 bits per heavy atom. The zero-order valence-corrected chi connectivity index (χ0v) is 32.8. The number of fused-ring (bicyclic) bond motifs is 8. The second-order valence-corrected chi connectivity index (χ2v) is 14.7. The van der Waals surface area contributed by atoms with Gasteiger partial charge in [0.05, 0.1) is 26.0 Å². The van der Waals surface area contributed by atoms with Crippen molar-refractivity contribution in [2.45, 2.75) is 72.1 Å². The number of benzene rings is 3. The van der Waals surface area contributed by atoms with Crippen molar-refractivity contribution in [3.63, 3.8) is 0 Å². The highest BCUT2D eigenvalue weighted by Gasteiger charge is 2.37. The van der Waals surface area contributed by atoms with Crippen molar-refractivity contribution in [1.29, 1.82) is 0 Å². The fraction of sp³-hybridized carbons (Fsp3) is 0.405. The van der Waals surface area contributed by atoms with Gasteiger partial charge in [-0.3, -0.25) is 9.36 Å². The maximum absolute atomic E-state index is 14.4. The summed E-state index contributed by atoms with van der Waals surface area (Å²) < 4.78 is 44.8. The molecule has 1 aliphatic heterocycles. The predicted octanol–water partition coefficient (Wildman–Crippen LogP) is 8.55. The number of hydrogen-bond donors (Lipinski definition) is 0. The second kappa shape index (κ2) is 15.2.